The minimum Gasteiger partial charge on any atom is -0.487 e. The molecule has 1 aliphatic carbocycles. The topological polar surface area (TPSA) is 29.5 Å². The van der Waals surface area contributed by atoms with Gasteiger partial charge in [0.2, 0.25) is 0 Å². The number of aliphatic hydroxyl groups is 1. The van der Waals surface area contributed by atoms with Crippen LogP contribution in [-0.4, -0.2) is 17.3 Å². The van der Waals surface area contributed by atoms with Gasteiger partial charge < -0.3 is 9.84 Å². The first-order valence-corrected chi connectivity index (χ1v) is 6.65. The predicted octanol–water partition coefficient (Wildman–Crippen LogP) is 3.79. The van der Waals surface area contributed by atoms with E-state index in [-0.39, 0.29) is 12.2 Å². The van der Waals surface area contributed by atoms with Gasteiger partial charge in [0.1, 0.15) is 11.9 Å². The number of benzene rings is 2. The quantitative estimate of drug-likeness (QED) is 0.892. The summed E-state index contributed by atoms with van der Waals surface area (Å²) < 4.78 is 5.95. The molecule has 0 spiro atoms. The van der Waals surface area contributed by atoms with Crippen LogP contribution >= 0.6 is 11.6 Å². The van der Waals surface area contributed by atoms with Gasteiger partial charge in [-0.15, -0.1) is 0 Å². The molecule has 94 valence electrons. The summed E-state index contributed by atoms with van der Waals surface area (Å²) in [5.41, 5.74) is 0. The Morgan fingerprint density at radius 2 is 1.83 bits per heavy atom. The average molecular weight is 263 g/mol. The lowest BCUT2D eigenvalue weighted by Crippen LogP contribution is -2.25. The van der Waals surface area contributed by atoms with Crippen molar-refractivity contribution in [2.24, 2.45) is 0 Å². The summed E-state index contributed by atoms with van der Waals surface area (Å²) in [6.45, 7) is 0. The molecule has 0 radical (unpaired) electrons. The second-order valence-electron chi connectivity index (χ2n) is 4.75. The smallest absolute Gasteiger partial charge is 0.127 e. The van der Waals surface area contributed by atoms with Crippen molar-refractivity contribution in [1.29, 1.82) is 0 Å². The summed E-state index contributed by atoms with van der Waals surface area (Å²) >= 11 is 6.17. The van der Waals surface area contributed by atoms with Gasteiger partial charge in [-0.2, -0.15) is 0 Å². The van der Waals surface area contributed by atoms with Crippen LogP contribution in [0.25, 0.3) is 10.8 Å². The Balaban J connectivity index is 1.99. The standard InChI is InChI=1S/C15H15ClO2/c16-12-8-9-14(11-5-2-1-4-10(11)12)18-15-7-3-6-13(15)17/h1-2,4-5,8-9,13,15,17H,3,6-7H2/t13-,15-/m1/s1. The largest absolute Gasteiger partial charge is 0.487 e. The van der Waals surface area contributed by atoms with Gasteiger partial charge in [0, 0.05) is 15.8 Å². The van der Waals surface area contributed by atoms with E-state index in [2.05, 4.69) is 0 Å². The summed E-state index contributed by atoms with van der Waals surface area (Å²) in [5.74, 6) is 0.806. The van der Waals surface area contributed by atoms with Gasteiger partial charge in [0.15, 0.2) is 0 Å². The van der Waals surface area contributed by atoms with E-state index < -0.39 is 0 Å². The minimum atomic E-state index is -0.348. The Morgan fingerprint density at radius 1 is 1.06 bits per heavy atom. The number of aliphatic hydroxyl groups excluding tert-OH is 1. The highest BCUT2D eigenvalue weighted by atomic mass is 35.5. The van der Waals surface area contributed by atoms with Gasteiger partial charge >= 0.3 is 0 Å². The van der Waals surface area contributed by atoms with E-state index in [1.807, 2.05) is 36.4 Å². The molecule has 2 aromatic carbocycles. The van der Waals surface area contributed by atoms with Crippen molar-refractivity contribution < 1.29 is 9.84 Å². The molecule has 18 heavy (non-hydrogen) atoms. The van der Waals surface area contributed by atoms with Crippen LogP contribution in [0, 0.1) is 0 Å². The number of ether oxygens (including phenoxy) is 1. The molecule has 0 unspecified atom stereocenters. The highest BCUT2D eigenvalue weighted by Gasteiger charge is 2.27. The van der Waals surface area contributed by atoms with Crippen LogP contribution < -0.4 is 4.74 Å². The molecule has 0 aliphatic heterocycles. The van der Waals surface area contributed by atoms with Crippen molar-refractivity contribution in [1.82, 2.24) is 0 Å². The molecule has 1 N–H and O–H groups in total. The third-order valence-corrected chi connectivity index (χ3v) is 3.86. The molecular formula is C15H15ClO2. The fraction of sp³-hybridized carbons (Fsp3) is 0.333. The molecule has 0 bridgehead atoms. The minimum absolute atomic E-state index is 0.0884. The summed E-state index contributed by atoms with van der Waals surface area (Å²) in [6, 6.07) is 11.6. The lowest BCUT2D eigenvalue weighted by atomic mass is 10.1. The number of rotatable bonds is 2. The first kappa shape index (κ1) is 11.8. The number of halogens is 1. The zero-order valence-corrected chi connectivity index (χ0v) is 10.7. The van der Waals surface area contributed by atoms with Crippen molar-refractivity contribution in [3.63, 3.8) is 0 Å². The van der Waals surface area contributed by atoms with Gasteiger partial charge in [-0.3, -0.25) is 0 Å². The first-order valence-electron chi connectivity index (χ1n) is 6.27. The van der Waals surface area contributed by atoms with Gasteiger partial charge in [-0.1, -0.05) is 35.9 Å². The Kier molecular flexibility index (Phi) is 3.14. The molecule has 3 heteroatoms. The number of hydrogen-bond acceptors (Lipinski definition) is 2. The maximum Gasteiger partial charge on any atom is 0.127 e. The van der Waals surface area contributed by atoms with Crippen LogP contribution in [0.4, 0.5) is 0 Å². The summed E-state index contributed by atoms with van der Waals surface area (Å²) in [7, 11) is 0. The zero-order chi connectivity index (χ0) is 12.5. The van der Waals surface area contributed by atoms with Crippen LogP contribution in [0.2, 0.25) is 5.02 Å². The molecule has 3 rings (SSSR count). The van der Waals surface area contributed by atoms with Crippen molar-refractivity contribution in [3.8, 4) is 5.75 Å². The van der Waals surface area contributed by atoms with E-state index in [1.54, 1.807) is 0 Å². The Labute approximate surface area is 111 Å². The van der Waals surface area contributed by atoms with Crippen LogP contribution in [0.15, 0.2) is 36.4 Å². The fourth-order valence-corrected chi connectivity index (χ4v) is 2.77. The normalized spacial score (nSPS) is 23.4. The predicted molar refractivity (Wildman–Crippen MR) is 73.2 cm³/mol. The second-order valence-corrected chi connectivity index (χ2v) is 5.15. The second kappa shape index (κ2) is 4.79. The van der Waals surface area contributed by atoms with Crippen LogP contribution in [-0.2, 0) is 0 Å². The molecule has 0 amide bonds. The van der Waals surface area contributed by atoms with Crippen molar-refractivity contribution >= 4 is 22.4 Å². The van der Waals surface area contributed by atoms with Gasteiger partial charge in [-0.05, 0) is 31.4 Å². The van der Waals surface area contributed by atoms with E-state index in [0.717, 1.165) is 40.8 Å². The number of hydrogen-bond donors (Lipinski definition) is 1. The van der Waals surface area contributed by atoms with E-state index >= 15 is 0 Å². The highest BCUT2D eigenvalue weighted by molar-refractivity contribution is 6.35. The molecule has 0 heterocycles. The third-order valence-electron chi connectivity index (χ3n) is 3.53. The van der Waals surface area contributed by atoms with Crippen molar-refractivity contribution in [2.45, 2.75) is 31.5 Å². The molecule has 1 fully saturated rings. The highest BCUT2D eigenvalue weighted by Crippen LogP contribution is 2.33. The third kappa shape index (κ3) is 2.06. The fourth-order valence-electron chi connectivity index (χ4n) is 2.54. The van der Waals surface area contributed by atoms with Gasteiger partial charge in [0.05, 0.1) is 6.10 Å². The van der Waals surface area contributed by atoms with Crippen LogP contribution in [0.3, 0.4) is 0 Å². The summed E-state index contributed by atoms with van der Waals surface area (Å²) in [6.07, 6.45) is 2.33. The van der Waals surface area contributed by atoms with Gasteiger partial charge in [0.25, 0.3) is 0 Å². The lowest BCUT2D eigenvalue weighted by Gasteiger charge is -2.18. The Morgan fingerprint density at radius 3 is 2.56 bits per heavy atom. The molecule has 1 aliphatic rings. The molecule has 1 saturated carbocycles. The summed E-state index contributed by atoms with van der Waals surface area (Å²) in [4.78, 5) is 0. The van der Waals surface area contributed by atoms with E-state index in [4.69, 9.17) is 16.3 Å². The first-order chi connectivity index (χ1) is 8.75. The SMILES string of the molecule is O[C@@H]1CCC[C@H]1Oc1ccc(Cl)c2ccccc12. The Hall–Kier alpha value is -1.25. The van der Waals surface area contributed by atoms with Gasteiger partial charge in [-0.25, -0.2) is 0 Å². The Bertz CT molecular complexity index is 567. The maximum absolute atomic E-state index is 9.83. The van der Waals surface area contributed by atoms with E-state index in [0.29, 0.717) is 0 Å². The van der Waals surface area contributed by atoms with E-state index in [1.165, 1.54) is 0 Å². The summed E-state index contributed by atoms with van der Waals surface area (Å²) in [5, 5.41) is 12.5. The number of fused-ring (bicyclic) bond motifs is 1. The average Bonchev–Trinajstić information content (AvgIpc) is 2.79. The molecule has 2 aromatic rings. The maximum atomic E-state index is 9.83. The molecule has 2 nitrogen and oxygen atoms in total. The molecule has 0 saturated heterocycles. The molecule has 0 aromatic heterocycles. The molecular weight excluding hydrogens is 248 g/mol. The lowest BCUT2D eigenvalue weighted by molar-refractivity contribution is 0.0614. The zero-order valence-electron chi connectivity index (χ0n) is 9.97. The van der Waals surface area contributed by atoms with Crippen LogP contribution in [0.1, 0.15) is 19.3 Å². The van der Waals surface area contributed by atoms with E-state index in [9.17, 15) is 5.11 Å². The van der Waals surface area contributed by atoms with Crippen molar-refractivity contribution in [3.05, 3.63) is 41.4 Å². The molecule has 2 atom stereocenters. The monoisotopic (exact) mass is 262 g/mol. The van der Waals surface area contributed by atoms with Crippen molar-refractivity contribution in [2.75, 3.05) is 0 Å². The van der Waals surface area contributed by atoms with Crippen LogP contribution in [0.5, 0.6) is 5.75 Å².